The predicted molar refractivity (Wildman–Crippen MR) is 131 cm³/mol. The fraction of sp³-hybridized carbons (Fsp3) is 0.360. The molecule has 32 heavy (non-hydrogen) atoms. The van der Waals surface area contributed by atoms with Crippen LogP contribution in [-0.2, 0) is 24.1 Å². The van der Waals surface area contributed by atoms with Crippen molar-refractivity contribution in [2.24, 2.45) is 11.3 Å². The average Bonchev–Trinajstić information content (AvgIpc) is 3.41. The number of thiazole rings is 2. The van der Waals surface area contributed by atoms with Gasteiger partial charge in [-0.25, -0.2) is 9.97 Å². The van der Waals surface area contributed by atoms with Crippen LogP contribution < -0.4 is 5.32 Å². The smallest absolute Gasteiger partial charge is 0.232 e. The summed E-state index contributed by atoms with van der Waals surface area (Å²) in [6, 6.07) is 0. The molecule has 0 spiro atoms. The van der Waals surface area contributed by atoms with E-state index in [-0.39, 0.29) is 12.3 Å². The second-order valence-corrected chi connectivity index (χ2v) is 10.4. The summed E-state index contributed by atoms with van der Waals surface area (Å²) in [6.07, 6.45) is 7.41. The van der Waals surface area contributed by atoms with Gasteiger partial charge in [0.25, 0.3) is 0 Å². The molecule has 1 atom stereocenters. The highest BCUT2D eigenvalue weighted by Crippen LogP contribution is 2.40. The first kappa shape index (κ1) is 23.6. The number of aryl methyl sites for hydroxylation is 1. The van der Waals surface area contributed by atoms with Crippen molar-refractivity contribution >= 4 is 38.7 Å². The Hall–Kier alpha value is -3.09. The zero-order chi connectivity index (χ0) is 23.1. The molecular weight excluding hydrogens is 436 g/mol. The van der Waals surface area contributed by atoms with Crippen LogP contribution in [-0.4, -0.2) is 20.3 Å². The number of nitrogens with one attached hydrogen (secondary N) is 1. The van der Waals surface area contributed by atoms with E-state index in [1.165, 1.54) is 17.0 Å². The number of nitrogens with zero attached hydrogens (tertiary/aromatic N) is 3. The van der Waals surface area contributed by atoms with Crippen LogP contribution in [0.4, 0.5) is 5.13 Å². The van der Waals surface area contributed by atoms with Crippen molar-refractivity contribution < 1.29 is 4.79 Å². The van der Waals surface area contributed by atoms with Crippen LogP contribution in [0.25, 0.3) is 4.96 Å². The summed E-state index contributed by atoms with van der Waals surface area (Å²) in [6.45, 7) is 13.4. The second kappa shape index (κ2) is 10.5. The van der Waals surface area contributed by atoms with E-state index in [1.54, 1.807) is 22.7 Å². The van der Waals surface area contributed by atoms with Crippen LogP contribution >= 0.6 is 22.7 Å². The highest BCUT2D eigenvalue weighted by Gasteiger charge is 2.30. The number of amides is 1. The van der Waals surface area contributed by atoms with E-state index < -0.39 is 0 Å². The minimum Gasteiger partial charge on any atom is -0.302 e. The molecule has 0 fully saturated rings. The van der Waals surface area contributed by atoms with Crippen LogP contribution in [0, 0.1) is 11.3 Å². The third kappa shape index (κ3) is 6.22. The Balaban J connectivity index is 0.000000360. The summed E-state index contributed by atoms with van der Waals surface area (Å²) in [4.78, 5) is 23.7. The molecule has 1 N–H and O–H groups in total. The van der Waals surface area contributed by atoms with Gasteiger partial charge in [0.05, 0.1) is 17.8 Å². The Morgan fingerprint density at radius 3 is 2.66 bits per heavy atom. The Morgan fingerprint density at radius 2 is 2.00 bits per heavy atom. The Kier molecular flexibility index (Phi) is 7.72. The van der Waals surface area contributed by atoms with E-state index >= 15 is 0 Å². The summed E-state index contributed by atoms with van der Waals surface area (Å²) in [5.74, 6) is 0.631. The molecule has 5 nitrogen and oxygen atoms in total. The molecule has 0 bridgehead atoms. The van der Waals surface area contributed by atoms with Gasteiger partial charge in [0.15, 0.2) is 10.1 Å². The van der Waals surface area contributed by atoms with E-state index in [2.05, 4.69) is 77.9 Å². The lowest BCUT2D eigenvalue weighted by molar-refractivity contribution is -0.115. The molecule has 4 rings (SSSR count). The number of fused-ring (bicyclic) bond motifs is 2. The van der Waals surface area contributed by atoms with E-state index in [1.807, 2.05) is 22.2 Å². The van der Waals surface area contributed by atoms with Crippen LogP contribution in [0.5, 0.6) is 0 Å². The fourth-order valence-electron chi connectivity index (χ4n) is 3.48. The van der Waals surface area contributed by atoms with Crippen molar-refractivity contribution in [2.75, 3.05) is 5.32 Å². The van der Waals surface area contributed by atoms with Gasteiger partial charge in [-0.15, -0.1) is 22.7 Å². The molecule has 7 heteroatoms. The molecular formula is C25H26N4OS2. The van der Waals surface area contributed by atoms with E-state index in [4.69, 9.17) is 0 Å². The monoisotopic (exact) mass is 462 g/mol. The molecule has 0 aliphatic heterocycles. The molecule has 0 aromatic carbocycles. The van der Waals surface area contributed by atoms with Gasteiger partial charge in [-0.3, -0.25) is 9.20 Å². The van der Waals surface area contributed by atoms with Gasteiger partial charge in [-0.05, 0) is 60.9 Å². The van der Waals surface area contributed by atoms with Crippen molar-refractivity contribution in [3.05, 3.63) is 75.9 Å². The summed E-state index contributed by atoms with van der Waals surface area (Å²) >= 11 is 3.20. The first-order chi connectivity index (χ1) is 15.3. The molecule has 1 unspecified atom stereocenters. The van der Waals surface area contributed by atoms with Gasteiger partial charge in [0.2, 0.25) is 5.91 Å². The minimum absolute atomic E-state index is 0.0516. The number of hydrogen-bond acceptors (Lipinski definition) is 5. The second-order valence-electron chi connectivity index (χ2n) is 8.47. The molecule has 0 radical (unpaired) electrons. The molecule has 0 saturated carbocycles. The Labute approximate surface area is 196 Å². The fourth-order valence-corrected chi connectivity index (χ4v) is 5.30. The maximum atomic E-state index is 12.3. The number of rotatable bonds is 3. The summed E-state index contributed by atoms with van der Waals surface area (Å²) in [5.41, 5.74) is 14.3. The van der Waals surface area contributed by atoms with Crippen molar-refractivity contribution in [1.29, 1.82) is 0 Å². The van der Waals surface area contributed by atoms with Crippen molar-refractivity contribution in [3.63, 3.8) is 0 Å². The zero-order valence-corrected chi connectivity index (χ0v) is 20.3. The van der Waals surface area contributed by atoms with Gasteiger partial charge < -0.3 is 5.32 Å². The first-order valence-electron chi connectivity index (χ1n) is 10.3. The van der Waals surface area contributed by atoms with Gasteiger partial charge >= 0.3 is 0 Å². The molecule has 1 aliphatic rings. The van der Waals surface area contributed by atoms with Crippen LogP contribution in [0.15, 0.2) is 59.6 Å². The zero-order valence-electron chi connectivity index (χ0n) is 18.6. The number of aromatic nitrogens is 3. The van der Waals surface area contributed by atoms with Gasteiger partial charge in [-0.1, -0.05) is 32.2 Å². The molecule has 164 valence electrons. The largest absolute Gasteiger partial charge is 0.302 e. The van der Waals surface area contributed by atoms with Crippen molar-refractivity contribution in [2.45, 2.75) is 46.5 Å². The summed E-state index contributed by atoms with van der Waals surface area (Å²) in [5, 5.41) is 5.67. The first-order valence-corrected chi connectivity index (χ1v) is 12.0. The maximum absolute atomic E-state index is 12.3. The topological polar surface area (TPSA) is 59.3 Å². The molecule has 1 aliphatic carbocycles. The Bertz CT molecular complexity index is 1240. The number of imidazole rings is 1. The molecule has 0 saturated heterocycles. The van der Waals surface area contributed by atoms with Gasteiger partial charge in [0.1, 0.15) is 0 Å². The number of carbonyl (C=O) groups excluding carboxylic acids is 1. The lowest BCUT2D eigenvalue weighted by atomic mass is 9.73. The molecule has 1 amide bonds. The van der Waals surface area contributed by atoms with E-state index in [0.717, 1.165) is 28.6 Å². The van der Waals surface area contributed by atoms with Crippen molar-refractivity contribution in [3.8, 4) is 0 Å². The minimum atomic E-state index is -0.0516. The van der Waals surface area contributed by atoms with Gasteiger partial charge in [-0.2, -0.15) is 0 Å². The SMILES string of the molecule is C=C=C=C=C=C=C.CC(C)(C)C1CCc2nc(NC(=O)Cc3cn4ccsc4n3)sc2C1. The standard InChI is InChI=1S/C18H22N4OS2.C7H4/c1-18(2,3)11-4-5-13-14(8-11)25-16(20-13)21-15(23)9-12-10-22-6-7-24-17(22)19-12;1-3-5-7-6-4-2/h6-7,10-11H,4-5,8-9H2,1-3H3,(H,20,21,23);1-2H2. The number of carbonyl (C=O) groups is 1. The molecule has 3 aromatic heterocycles. The highest BCUT2D eigenvalue weighted by molar-refractivity contribution is 7.16. The normalized spacial score (nSPS) is 14.5. The lowest BCUT2D eigenvalue weighted by Gasteiger charge is -2.33. The highest BCUT2D eigenvalue weighted by atomic mass is 32.1. The summed E-state index contributed by atoms with van der Waals surface area (Å²) < 4.78 is 1.95. The summed E-state index contributed by atoms with van der Waals surface area (Å²) in [7, 11) is 0. The van der Waals surface area contributed by atoms with Crippen LogP contribution in [0.1, 0.15) is 43.5 Å². The third-order valence-electron chi connectivity index (χ3n) is 5.20. The third-order valence-corrected chi connectivity index (χ3v) is 7.00. The molecule has 3 aromatic rings. The van der Waals surface area contributed by atoms with Crippen LogP contribution in [0.2, 0.25) is 0 Å². The number of hydrogen-bond donors (Lipinski definition) is 1. The van der Waals surface area contributed by atoms with E-state index in [9.17, 15) is 4.79 Å². The predicted octanol–water partition coefficient (Wildman–Crippen LogP) is 5.76. The molecule has 3 heterocycles. The van der Waals surface area contributed by atoms with Crippen LogP contribution in [0.3, 0.4) is 0 Å². The average molecular weight is 463 g/mol. The van der Waals surface area contributed by atoms with Crippen molar-refractivity contribution in [1.82, 2.24) is 14.4 Å². The van der Waals surface area contributed by atoms with E-state index in [0.29, 0.717) is 11.3 Å². The lowest BCUT2D eigenvalue weighted by Crippen LogP contribution is -2.26. The quantitative estimate of drug-likeness (QED) is 0.503. The van der Waals surface area contributed by atoms with Gasteiger partial charge in [0, 0.05) is 22.7 Å². The maximum Gasteiger partial charge on any atom is 0.232 e. The Morgan fingerprint density at radius 1 is 1.25 bits per heavy atom. The number of anilines is 1.